The molecule has 3 heteroatoms. The molecule has 88 valence electrons. The molecule has 17 heavy (non-hydrogen) atoms. The maximum absolute atomic E-state index is 11.2. The summed E-state index contributed by atoms with van der Waals surface area (Å²) in [7, 11) is 0. The quantitative estimate of drug-likeness (QED) is 0.740. The molecule has 1 saturated heterocycles. The second-order valence-corrected chi connectivity index (χ2v) is 4.25. The van der Waals surface area contributed by atoms with Crippen molar-refractivity contribution in [2.75, 3.05) is 6.54 Å². The van der Waals surface area contributed by atoms with Crippen LogP contribution in [0.2, 0.25) is 0 Å². The topological polar surface area (TPSA) is 37.4 Å². The molecule has 0 bridgehead atoms. The number of benzene rings is 1. The Kier molecular flexibility index (Phi) is 3.09. The lowest BCUT2D eigenvalue weighted by Crippen LogP contribution is -2.24. The van der Waals surface area contributed by atoms with Crippen molar-refractivity contribution in [1.82, 2.24) is 4.90 Å². The van der Waals surface area contributed by atoms with Gasteiger partial charge in [0.2, 0.25) is 5.91 Å². The zero-order valence-electron chi connectivity index (χ0n) is 9.85. The molecular weight excluding hydrogens is 214 g/mol. The molecule has 2 aliphatic carbocycles. The van der Waals surface area contributed by atoms with E-state index in [0.29, 0.717) is 13.0 Å². The third-order valence-corrected chi connectivity index (χ3v) is 3.06. The highest BCUT2D eigenvalue weighted by atomic mass is 16.2. The second-order valence-electron chi connectivity index (χ2n) is 4.25. The molecule has 0 spiro atoms. The van der Waals surface area contributed by atoms with Crippen LogP contribution < -0.4 is 0 Å². The standard InChI is InChI=1S/C8H11NO2.C6H4/c1-3-9-5-4-7(6(2)10)8(9)11;1-2-5-4-6(5)3-1/h3,7H,1,4-5H2,2H3;1-4H. The number of nitrogens with zero attached hydrogens (tertiary/aromatic N) is 1. The third-order valence-electron chi connectivity index (χ3n) is 3.06. The van der Waals surface area contributed by atoms with Gasteiger partial charge >= 0.3 is 0 Å². The van der Waals surface area contributed by atoms with Gasteiger partial charge < -0.3 is 4.90 Å². The second kappa shape index (κ2) is 4.53. The molecule has 1 heterocycles. The molecule has 3 aliphatic rings. The Morgan fingerprint density at radius 1 is 1.47 bits per heavy atom. The van der Waals surface area contributed by atoms with Crippen molar-refractivity contribution in [1.29, 1.82) is 0 Å². The molecule has 1 fully saturated rings. The molecule has 1 amide bonds. The van der Waals surface area contributed by atoms with E-state index in [0.717, 1.165) is 0 Å². The minimum Gasteiger partial charge on any atom is -0.319 e. The summed E-state index contributed by atoms with van der Waals surface area (Å²) in [6.45, 7) is 5.57. The van der Waals surface area contributed by atoms with Gasteiger partial charge in [-0.05, 0) is 36.7 Å². The molecule has 3 rings (SSSR count). The van der Waals surface area contributed by atoms with Crippen LogP contribution in [0.15, 0.2) is 37.0 Å². The lowest BCUT2D eigenvalue weighted by molar-refractivity contribution is -0.134. The largest absolute Gasteiger partial charge is 0.319 e. The van der Waals surface area contributed by atoms with Crippen LogP contribution in [0, 0.1) is 5.92 Å². The van der Waals surface area contributed by atoms with Crippen molar-refractivity contribution >= 4 is 11.7 Å². The third kappa shape index (κ3) is 2.44. The van der Waals surface area contributed by atoms with Crippen molar-refractivity contribution in [3.05, 3.63) is 37.0 Å². The van der Waals surface area contributed by atoms with Gasteiger partial charge in [0.05, 0.1) is 5.92 Å². The highest BCUT2D eigenvalue weighted by Crippen LogP contribution is 2.32. The molecule has 0 aromatic heterocycles. The first-order chi connectivity index (χ1) is 8.13. The van der Waals surface area contributed by atoms with E-state index in [1.807, 2.05) is 0 Å². The summed E-state index contributed by atoms with van der Waals surface area (Å²) >= 11 is 0. The number of fused-ring (bicyclic) bond motifs is 1. The molecule has 1 aliphatic heterocycles. The van der Waals surface area contributed by atoms with Crippen LogP contribution in [0.4, 0.5) is 0 Å². The van der Waals surface area contributed by atoms with Gasteiger partial charge in [0, 0.05) is 6.54 Å². The smallest absolute Gasteiger partial charge is 0.237 e. The van der Waals surface area contributed by atoms with Crippen LogP contribution in [-0.2, 0) is 9.59 Å². The maximum Gasteiger partial charge on any atom is 0.237 e. The SMILES string of the molecule is C=CN1CCC(C(C)=O)C1=O.c1cc2cc-2c1. The average Bonchev–Trinajstić information content (AvgIpc) is 2.74. The minimum absolute atomic E-state index is 0.0423. The van der Waals surface area contributed by atoms with E-state index < -0.39 is 5.92 Å². The summed E-state index contributed by atoms with van der Waals surface area (Å²) in [5, 5.41) is 0. The molecule has 3 nitrogen and oxygen atoms in total. The summed E-state index contributed by atoms with van der Waals surface area (Å²) < 4.78 is 0. The number of hydrogen-bond donors (Lipinski definition) is 0. The number of likely N-dealkylation sites (tertiary alicyclic amines) is 1. The number of hydrogen-bond acceptors (Lipinski definition) is 2. The fourth-order valence-electron chi connectivity index (χ4n) is 1.94. The molecular formula is C14H15NO2. The summed E-state index contributed by atoms with van der Waals surface area (Å²) in [5.74, 6) is -0.556. The van der Waals surface area contributed by atoms with Gasteiger partial charge in [-0.15, -0.1) is 0 Å². The van der Waals surface area contributed by atoms with Gasteiger partial charge in [-0.2, -0.15) is 0 Å². The molecule has 1 atom stereocenters. The summed E-state index contributed by atoms with van der Waals surface area (Å²) in [6.07, 6.45) is 2.12. The first-order valence-electron chi connectivity index (χ1n) is 5.67. The molecule has 1 unspecified atom stereocenters. The van der Waals surface area contributed by atoms with E-state index in [2.05, 4.69) is 30.8 Å². The Labute approximate surface area is 101 Å². The zero-order chi connectivity index (χ0) is 12.4. The summed E-state index contributed by atoms with van der Waals surface area (Å²) in [5.41, 5.74) is 2.85. The van der Waals surface area contributed by atoms with Crippen LogP contribution in [0.25, 0.3) is 11.1 Å². The van der Waals surface area contributed by atoms with Crippen molar-refractivity contribution in [3.63, 3.8) is 0 Å². The van der Waals surface area contributed by atoms with Crippen molar-refractivity contribution in [2.24, 2.45) is 5.92 Å². The lowest BCUT2D eigenvalue weighted by atomic mass is 10.0. The summed E-state index contributed by atoms with van der Waals surface area (Å²) in [4.78, 5) is 23.5. The Bertz CT molecular complexity index is 462. The Hall–Kier alpha value is -1.90. The Morgan fingerprint density at radius 2 is 2.12 bits per heavy atom. The molecule has 0 radical (unpaired) electrons. The molecule has 0 saturated carbocycles. The van der Waals surface area contributed by atoms with Gasteiger partial charge in [-0.1, -0.05) is 24.8 Å². The van der Waals surface area contributed by atoms with E-state index in [4.69, 9.17) is 0 Å². The first-order valence-corrected chi connectivity index (χ1v) is 5.67. The molecule has 0 aromatic rings. The number of Topliss-reactive ketones (excluding diaryl/α,β-unsaturated/α-hetero) is 1. The highest BCUT2D eigenvalue weighted by molar-refractivity contribution is 6.01. The fraction of sp³-hybridized carbons (Fsp3) is 0.286. The van der Waals surface area contributed by atoms with Gasteiger partial charge in [-0.25, -0.2) is 0 Å². The van der Waals surface area contributed by atoms with E-state index in [1.54, 1.807) is 0 Å². The number of amides is 1. The summed E-state index contributed by atoms with van der Waals surface area (Å²) in [6, 6.07) is 8.48. The Morgan fingerprint density at radius 3 is 2.35 bits per heavy atom. The molecule has 0 N–H and O–H groups in total. The van der Waals surface area contributed by atoms with E-state index >= 15 is 0 Å². The Balaban J connectivity index is 0.000000148. The predicted molar refractivity (Wildman–Crippen MR) is 66.1 cm³/mol. The highest BCUT2D eigenvalue weighted by Gasteiger charge is 2.32. The number of carbonyl (C=O) groups is 2. The monoisotopic (exact) mass is 229 g/mol. The van der Waals surface area contributed by atoms with Crippen LogP contribution in [0.1, 0.15) is 13.3 Å². The zero-order valence-corrected chi connectivity index (χ0v) is 9.85. The first kappa shape index (κ1) is 11.6. The van der Waals surface area contributed by atoms with E-state index in [9.17, 15) is 9.59 Å². The van der Waals surface area contributed by atoms with Gasteiger partial charge in [0.1, 0.15) is 5.78 Å². The number of carbonyl (C=O) groups excluding carboxylic acids is 2. The number of rotatable bonds is 2. The van der Waals surface area contributed by atoms with Crippen molar-refractivity contribution in [3.8, 4) is 11.1 Å². The van der Waals surface area contributed by atoms with Crippen LogP contribution in [0.3, 0.4) is 0 Å². The van der Waals surface area contributed by atoms with Gasteiger partial charge in [-0.3, -0.25) is 9.59 Å². The van der Waals surface area contributed by atoms with Crippen molar-refractivity contribution in [2.45, 2.75) is 13.3 Å². The van der Waals surface area contributed by atoms with E-state index in [1.165, 1.54) is 29.2 Å². The fourth-order valence-corrected chi connectivity index (χ4v) is 1.94. The van der Waals surface area contributed by atoms with E-state index in [-0.39, 0.29) is 11.7 Å². The van der Waals surface area contributed by atoms with Gasteiger partial charge in [0.15, 0.2) is 0 Å². The van der Waals surface area contributed by atoms with Gasteiger partial charge in [0.25, 0.3) is 0 Å². The van der Waals surface area contributed by atoms with Crippen LogP contribution in [-0.4, -0.2) is 23.1 Å². The number of ketones is 1. The van der Waals surface area contributed by atoms with Crippen LogP contribution >= 0.6 is 0 Å². The minimum atomic E-state index is -0.409. The normalized spacial score (nSPS) is 19.5. The van der Waals surface area contributed by atoms with Crippen molar-refractivity contribution < 1.29 is 9.59 Å². The molecule has 0 aromatic carbocycles. The van der Waals surface area contributed by atoms with Crippen LogP contribution in [0.5, 0.6) is 0 Å². The maximum atomic E-state index is 11.2. The average molecular weight is 229 g/mol. The lowest BCUT2D eigenvalue weighted by Gasteiger charge is -2.08. The predicted octanol–water partition coefficient (Wildman–Crippen LogP) is 2.23.